The zero-order chi connectivity index (χ0) is 19.2. The highest BCUT2D eigenvalue weighted by atomic mass is 16.5. The van der Waals surface area contributed by atoms with Crippen molar-refractivity contribution in [2.75, 3.05) is 19.7 Å². The van der Waals surface area contributed by atoms with Gasteiger partial charge in [0, 0.05) is 12.6 Å². The first-order valence-corrected chi connectivity index (χ1v) is 9.18. The normalized spacial score (nSPS) is 12.4. The Morgan fingerprint density at radius 3 is 2.63 bits per heavy atom. The summed E-state index contributed by atoms with van der Waals surface area (Å²) in [4.78, 5) is 12.4. The molecule has 0 aliphatic rings. The minimum atomic E-state index is -0.625. The first kappa shape index (κ1) is 19.1. The van der Waals surface area contributed by atoms with Gasteiger partial charge in [-0.3, -0.25) is 4.79 Å². The first-order valence-electron chi connectivity index (χ1n) is 9.18. The molecule has 1 aromatic heterocycles. The van der Waals surface area contributed by atoms with Gasteiger partial charge in [-0.15, -0.1) is 0 Å². The number of rotatable bonds is 8. The third-order valence-electron chi connectivity index (χ3n) is 4.15. The van der Waals surface area contributed by atoms with E-state index in [9.17, 15) is 9.90 Å². The number of aliphatic hydroxyl groups excluding tert-OH is 1. The molecule has 1 unspecified atom stereocenters. The molecule has 5 heteroatoms. The highest BCUT2D eigenvalue weighted by molar-refractivity contribution is 5.79. The molecule has 0 bridgehead atoms. The highest BCUT2D eigenvalue weighted by Crippen LogP contribution is 2.30. The Labute approximate surface area is 158 Å². The van der Waals surface area contributed by atoms with Gasteiger partial charge in [-0.25, -0.2) is 0 Å². The van der Waals surface area contributed by atoms with Crippen LogP contribution in [0.2, 0.25) is 0 Å². The van der Waals surface area contributed by atoms with Crippen LogP contribution in [-0.2, 0) is 0 Å². The van der Waals surface area contributed by atoms with Crippen molar-refractivity contribution in [2.45, 2.75) is 20.0 Å². The molecule has 2 N–H and O–H groups in total. The van der Waals surface area contributed by atoms with E-state index in [2.05, 4.69) is 19.2 Å². The van der Waals surface area contributed by atoms with Crippen molar-refractivity contribution in [3.05, 3.63) is 64.8 Å². The predicted octanol–water partition coefficient (Wildman–Crippen LogP) is 3.45. The zero-order valence-electron chi connectivity index (χ0n) is 15.6. The van der Waals surface area contributed by atoms with Gasteiger partial charge < -0.3 is 19.6 Å². The maximum absolute atomic E-state index is 12.4. The lowest BCUT2D eigenvalue weighted by atomic mass is 10.1. The molecule has 1 heterocycles. The molecule has 0 spiro atoms. The number of nitrogens with one attached hydrogen (secondary N) is 1. The van der Waals surface area contributed by atoms with E-state index in [1.165, 1.54) is 6.07 Å². The average molecular weight is 367 g/mol. The van der Waals surface area contributed by atoms with Crippen LogP contribution >= 0.6 is 0 Å². The lowest BCUT2D eigenvalue weighted by Crippen LogP contribution is -2.33. The number of aliphatic hydroxyl groups is 1. The van der Waals surface area contributed by atoms with Gasteiger partial charge in [0.1, 0.15) is 29.8 Å². The van der Waals surface area contributed by atoms with Crippen molar-refractivity contribution in [3.63, 3.8) is 0 Å². The minimum absolute atomic E-state index is 0.0976. The smallest absolute Gasteiger partial charge is 0.193 e. The fourth-order valence-electron chi connectivity index (χ4n) is 2.82. The van der Waals surface area contributed by atoms with Crippen LogP contribution in [0.3, 0.4) is 0 Å². The van der Waals surface area contributed by atoms with Crippen LogP contribution < -0.4 is 15.5 Å². The Hall–Kier alpha value is -2.63. The van der Waals surface area contributed by atoms with Crippen molar-refractivity contribution >= 4 is 11.0 Å². The summed E-state index contributed by atoms with van der Waals surface area (Å²) in [5.41, 5.74) is 1.12. The van der Waals surface area contributed by atoms with E-state index in [-0.39, 0.29) is 12.0 Å². The SMILES string of the molecule is CC(C)CNCC(O)COc1ccccc1-c1cc(=O)c2ccccc2o1. The van der Waals surface area contributed by atoms with Gasteiger partial charge in [0.2, 0.25) is 0 Å². The minimum Gasteiger partial charge on any atom is -0.490 e. The van der Waals surface area contributed by atoms with Crippen LogP contribution in [0.15, 0.2) is 63.8 Å². The second kappa shape index (κ2) is 8.84. The molecule has 3 rings (SSSR count). The summed E-state index contributed by atoms with van der Waals surface area (Å²) in [5.74, 6) is 1.54. The Morgan fingerprint density at radius 1 is 1.07 bits per heavy atom. The van der Waals surface area contributed by atoms with E-state index < -0.39 is 6.10 Å². The van der Waals surface area contributed by atoms with E-state index >= 15 is 0 Å². The van der Waals surface area contributed by atoms with E-state index in [0.717, 1.165) is 6.54 Å². The Balaban J connectivity index is 1.77. The average Bonchev–Trinajstić information content (AvgIpc) is 2.66. The maximum Gasteiger partial charge on any atom is 0.193 e. The standard InChI is InChI=1S/C22H25NO4/c1-15(2)12-23-13-16(24)14-26-20-9-5-4-8-18(20)22-11-19(25)17-7-3-6-10-21(17)27-22/h3-11,15-16,23-24H,12-14H2,1-2H3. The summed E-state index contributed by atoms with van der Waals surface area (Å²) in [5, 5.41) is 13.9. The molecule has 0 saturated carbocycles. The zero-order valence-corrected chi connectivity index (χ0v) is 15.6. The van der Waals surface area contributed by atoms with Gasteiger partial charge >= 0.3 is 0 Å². The van der Waals surface area contributed by atoms with Crippen LogP contribution in [0.5, 0.6) is 5.75 Å². The maximum atomic E-state index is 12.4. The molecule has 0 saturated heterocycles. The van der Waals surface area contributed by atoms with Crippen LogP contribution in [-0.4, -0.2) is 30.9 Å². The predicted molar refractivity (Wildman–Crippen MR) is 107 cm³/mol. The van der Waals surface area contributed by atoms with E-state index in [0.29, 0.717) is 40.5 Å². The molecule has 5 nitrogen and oxygen atoms in total. The number of para-hydroxylation sites is 2. The van der Waals surface area contributed by atoms with Crippen LogP contribution in [0.1, 0.15) is 13.8 Å². The molecule has 0 amide bonds. The second-order valence-electron chi connectivity index (χ2n) is 6.98. The molecule has 0 radical (unpaired) electrons. The summed E-state index contributed by atoms with van der Waals surface area (Å²) < 4.78 is 11.7. The molecule has 2 aromatic carbocycles. The molecule has 0 aliphatic heterocycles. The fourth-order valence-corrected chi connectivity index (χ4v) is 2.82. The van der Waals surface area contributed by atoms with Crippen molar-refractivity contribution in [1.82, 2.24) is 5.32 Å². The number of benzene rings is 2. The fraction of sp³-hybridized carbons (Fsp3) is 0.318. The van der Waals surface area contributed by atoms with E-state index in [4.69, 9.17) is 9.15 Å². The molecule has 3 aromatic rings. The van der Waals surface area contributed by atoms with Crippen molar-refractivity contribution < 1.29 is 14.3 Å². The van der Waals surface area contributed by atoms with E-state index in [1.807, 2.05) is 30.3 Å². The van der Waals surface area contributed by atoms with Crippen LogP contribution in [0, 0.1) is 5.92 Å². The lowest BCUT2D eigenvalue weighted by Gasteiger charge is -2.16. The van der Waals surface area contributed by atoms with Gasteiger partial charge in [-0.2, -0.15) is 0 Å². The molecule has 0 aliphatic carbocycles. The molecular weight excluding hydrogens is 342 g/mol. The van der Waals surface area contributed by atoms with Crippen LogP contribution in [0.4, 0.5) is 0 Å². The number of ether oxygens (including phenoxy) is 1. The van der Waals surface area contributed by atoms with Gasteiger partial charge in [0.15, 0.2) is 5.43 Å². The lowest BCUT2D eigenvalue weighted by molar-refractivity contribution is 0.106. The topological polar surface area (TPSA) is 71.7 Å². The Bertz CT molecular complexity index is 948. The molecule has 0 fully saturated rings. The Kier molecular flexibility index (Phi) is 6.27. The summed E-state index contributed by atoms with van der Waals surface area (Å²) in [7, 11) is 0. The molecule has 142 valence electrons. The summed E-state index contributed by atoms with van der Waals surface area (Å²) in [6, 6.07) is 16.0. The van der Waals surface area contributed by atoms with Crippen molar-refractivity contribution in [2.24, 2.45) is 5.92 Å². The quantitative estimate of drug-likeness (QED) is 0.638. The third kappa shape index (κ3) is 4.96. The third-order valence-corrected chi connectivity index (χ3v) is 4.15. The van der Waals surface area contributed by atoms with Crippen LogP contribution in [0.25, 0.3) is 22.3 Å². The summed E-state index contributed by atoms with van der Waals surface area (Å²) >= 11 is 0. The van der Waals surface area contributed by atoms with Crippen molar-refractivity contribution in [3.8, 4) is 17.1 Å². The number of hydrogen-bond acceptors (Lipinski definition) is 5. The Morgan fingerprint density at radius 2 is 1.81 bits per heavy atom. The van der Waals surface area contributed by atoms with E-state index in [1.54, 1.807) is 18.2 Å². The monoisotopic (exact) mass is 367 g/mol. The highest BCUT2D eigenvalue weighted by Gasteiger charge is 2.13. The largest absolute Gasteiger partial charge is 0.490 e. The summed E-state index contributed by atoms with van der Waals surface area (Å²) in [6.45, 7) is 5.69. The molecular formula is C22H25NO4. The number of hydrogen-bond donors (Lipinski definition) is 2. The summed E-state index contributed by atoms with van der Waals surface area (Å²) in [6.07, 6.45) is -0.625. The van der Waals surface area contributed by atoms with Gasteiger partial charge in [-0.05, 0) is 36.7 Å². The van der Waals surface area contributed by atoms with Gasteiger partial charge in [0.25, 0.3) is 0 Å². The second-order valence-corrected chi connectivity index (χ2v) is 6.98. The number of fused-ring (bicyclic) bond motifs is 1. The molecule has 27 heavy (non-hydrogen) atoms. The molecule has 1 atom stereocenters. The first-order chi connectivity index (χ1) is 13.0. The van der Waals surface area contributed by atoms with Gasteiger partial charge in [0.05, 0.1) is 10.9 Å². The van der Waals surface area contributed by atoms with Crippen molar-refractivity contribution in [1.29, 1.82) is 0 Å². The van der Waals surface area contributed by atoms with Gasteiger partial charge in [-0.1, -0.05) is 38.1 Å².